The normalized spacial score (nSPS) is 17.6. The molecule has 296 valence electrons. The van der Waals surface area contributed by atoms with Gasteiger partial charge in [0.05, 0.1) is 33.4 Å². The molecule has 2 aliphatic rings. The number of rotatable bonds is 15. The van der Waals surface area contributed by atoms with Crippen LogP contribution in [0.25, 0.3) is 10.2 Å². The molecule has 2 fully saturated rings. The summed E-state index contributed by atoms with van der Waals surface area (Å²) < 4.78 is 12.3. The van der Waals surface area contributed by atoms with Gasteiger partial charge in [0.15, 0.2) is 11.5 Å². The molecule has 0 radical (unpaired) electrons. The van der Waals surface area contributed by atoms with Gasteiger partial charge in [0.25, 0.3) is 0 Å². The second-order valence-electron chi connectivity index (χ2n) is 13.6. The smallest absolute Gasteiger partial charge is 0.411 e. The zero-order chi connectivity index (χ0) is 40.1. The van der Waals surface area contributed by atoms with Gasteiger partial charge in [0.1, 0.15) is 18.8 Å². The Kier molecular flexibility index (Phi) is 12.7. The summed E-state index contributed by atoms with van der Waals surface area (Å²) >= 11 is 13.8. The number of hydrogen-bond donors (Lipinski definition) is 3. The maximum atomic E-state index is 14.6. The Morgan fingerprint density at radius 3 is 2.54 bits per heavy atom. The van der Waals surface area contributed by atoms with E-state index in [2.05, 4.69) is 22.2 Å². The van der Waals surface area contributed by atoms with Crippen molar-refractivity contribution in [2.45, 2.75) is 44.7 Å². The van der Waals surface area contributed by atoms with Crippen molar-refractivity contribution in [1.82, 2.24) is 30.1 Å². The number of benzene rings is 4. The zero-order valence-corrected chi connectivity index (χ0v) is 33.5. The van der Waals surface area contributed by atoms with Gasteiger partial charge in [0, 0.05) is 38.9 Å². The third-order valence-corrected chi connectivity index (χ3v) is 11.5. The van der Waals surface area contributed by atoms with Gasteiger partial charge in [-0.15, -0.1) is 6.58 Å². The summed E-state index contributed by atoms with van der Waals surface area (Å²) in [7, 11) is 1.58. The zero-order valence-electron chi connectivity index (χ0n) is 31.1. The number of carbonyl (C=O) groups is 3. The summed E-state index contributed by atoms with van der Waals surface area (Å²) in [4.78, 5) is 49.3. The van der Waals surface area contributed by atoms with E-state index in [0.717, 1.165) is 32.5 Å². The Bertz CT molecular complexity index is 2240. The molecule has 7 rings (SSSR count). The summed E-state index contributed by atoms with van der Waals surface area (Å²) in [6, 6.07) is 27.0. The highest BCUT2D eigenvalue weighted by Crippen LogP contribution is 2.33. The Balaban J connectivity index is 1.13. The molecule has 3 heterocycles. The van der Waals surface area contributed by atoms with Gasteiger partial charge >= 0.3 is 6.09 Å². The van der Waals surface area contributed by atoms with Crippen molar-refractivity contribution in [3.63, 3.8) is 0 Å². The highest BCUT2D eigenvalue weighted by Gasteiger charge is 2.52. The second kappa shape index (κ2) is 18.0. The molecule has 5 aromatic rings. The van der Waals surface area contributed by atoms with Crippen molar-refractivity contribution in [2.24, 2.45) is 0 Å². The molecule has 3 atom stereocenters. The van der Waals surface area contributed by atoms with Gasteiger partial charge < -0.3 is 25.0 Å². The Morgan fingerprint density at radius 2 is 1.81 bits per heavy atom. The van der Waals surface area contributed by atoms with Crippen molar-refractivity contribution in [3.05, 3.63) is 136 Å². The minimum absolute atomic E-state index is 0.0105. The number of fused-ring (bicyclic) bond motifs is 2. The van der Waals surface area contributed by atoms with Crippen LogP contribution in [0.1, 0.15) is 22.3 Å². The largest absolute Gasteiger partial charge is 0.444 e. The van der Waals surface area contributed by atoms with Crippen LogP contribution in [0.5, 0.6) is 0 Å². The lowest BCUT2D eigenvalue weighted by Gasteiger charge is -2.47. The number of anilines is 2. The van der Waals surface area contributed by atoms with Crippen molar-refractivity contribution in [1.29, 1.82) is 0 Å². The molecule has 2 aliphatic heterocycles. The number of para-hydroxylation sites is 1. The highest BCUT2D eigenvalue weighted by molar-refractivity contribution is 7.22. The van der Waals surface area contributed by atoms with Gasteiger partial charge in [-0.2, -0.15) is 5.01 Å². The lowest BCUT2D eigenvalue weighted by atomic mass is 9.99. The first kappa shape index (κ1) is 40.1. The number of nitrogen functional groups attached to an aromatic ring is 1. The van der Waals surface area contributed by atoms with Crippen LogP contribution in [-0.4, -0.2) is 88.0 Å². The van der Waals surface area contributed by atoms with Crippen molar-refractivity contribution in [3.8, 4) is 0 Å². The van der Waals surface area contributed by atoms with Crippen LogP contribution in [0.2, 0.25) is 10.0 Å². The average molecular weight is 830 g/mol. The summed E-state index contributed by atoms with van der Waals surface area (Å²) in [6.45, 7) is 5.35. The van der Waals surface area contributed by atoms with Crippen LogP contribution in [0, 0.1) is 0 Å². The molecule has 13 nitrogen and oxygen atoms in total. The summed E-state index contributed by atoms with van der Waals surface area (Å²) in [5.41, 5.74) is 10.8. The number of carbonyl (C=O) groups excluding carboxylic acids is 3. The van der Waals surface area contributed by atoms with Gasteiger partial charge in [-0.05, 0) is 52.6 Å². The van der Waals surface area contributed by atoms with E-state index in [0.29, 0.717) is 34.0 Å². The van der Waals surface area contributed by atoms with Crippen LogP contribution in [0.3, 0.4) is 0 Å². The molecule has 2 saturated heterocycles. The molecule has 0 saturated carbocycles. The number of hydrogen-bond acceptors (Lipinski definition) is 11. The quantitative estimate of drug-likeness (QED) is 0.0792. The summed E-state index contributed by atoms with van der Waals surface area (Å²) in [5.74, 6) is -0.384. The van der Waals surface area contributed by atoms with E-state index < -0.39 is 24.7 Å². The standard InChI is InChI=1S/C41H42Cl2N8O5S/c1-3-18-49(40(55-2)45-21-28-14-17-31(42)32(43)19-28)50-24-36(52)51-33(20-26-12-15-30(16-13-26)46-41(54)56-25-27-8-5-4-6-9-27)38(53)48(23-35(50)51)22-29-10-7-11-34-37(29)47-39(44)57-34/h3-17,19,33,35,40,45H,1,18,20-25H2,2H3,(H2,44,47)(H,46,54)/t33?,35-,40?/m1/s1. The molecular formula is C41H42Cl2N8O5S. The Labute approximate surface area is 344 Å². The van der Waals surface area contributed by atoms with E-state index in [-0.39, 0.29) is 44.5 Å². The van der Waals surface area contributed by atoms with Gasteiger partial charge in [0.2, 0.25) is 11.8 Å². The molecule has 4 N–H and O–H groups in total. The van der Waals surface area contributed by atoms with Gasteiger partial charge in [-0.1, -0.05) is 101 Å². The molecule has 0 spiro atoms. The number of nitrogens with zero attached hydrogens (tertiary/aromatic N) is 5. The fourth-order valence-corrected chi connectivity index (χ4v) is 8.32. The second-order valence-corrected chi connectivity index (χ2v) is 15.5. The summed E-state index contributed by atoms with van der Waals surface area (Å²) in [5, 5.41) is 11.4. The fraction of sp³-hybridized carbons (Fsp3) is 0.268. The predicted molar refractivity (Wildman–Crippen MR) is 222 cm³/mol. The maximum absolute atomic E-state index is 14.6. The van der Waals surface area contributed by atoms with Crippen LogP contribution in [0.4, 0.5) is 15.6 Å². The highest BCUT2D eigenvalue weighted by atomic mass is 35.5. The first-order valence-electron chi connectivity index (χ1n) is 18.3. The Morgan fingerprint density at radius 1 is 1.04 bits per heavy atom. The van der Waals surface area contributed by atoms with E-state index >= 15 is 0 Å². The molecule has 2 unspecified atom stereocenters. The van der Waals surface area contributed by atoms with Gasteiger partial charge in [-0.3, -0.25) is 20.2 Å². The third-order valence-electron chi connectivity index (χ3n) is 9.89. The molecule has 0 aliphatic carbocycles. The number of amides is 3. The Hall–Kier alpha value is -5.06. The van der Waals surface area contributed by atoms with Crippen LogP contribution in [0.15, 0.2) is 104 Å². The molecule has 4 aromatic carbocycles. The number of halogens is 2. The molecular weight excluding hydrogens is 787 g/mol. The van der Waals surface area contributed by atoms with Crippen LogP contribution in [-0.2, 0) is 45.2 Å². The van der Waals surface area contributed by atoms with E-state index in [1.807, 2.05) is 76.7 Å². The van der Waals surface area contributed by atoms with E-state index in [4.69, 9.17) is 38.4 Å². The average Bonchev–Trinajstić information content (AvgIpc) is 3.76. The molecule has 3 amide bonds. The van der Waals surface area contributed by atoms with Gasteiger partial charge in [-0.25, -0.2) is 14.8 Å². The summed E-state index contributed by atoms with van der Waals surface area (Å²) in [6.07, 6.45) is 0.175. The first-order valence-corrected chi connectivity index (χ1v) is 19.8. The molecule has 0 bridgehead atoms. The SMILES string of the molecule is C=CCN(C(NCc1ccc(Cl)c(Cl)c1)OC)N1CC(=O)N2C(Cc3ccc(NC(=O)OCc4ccccc4)cc3)C(=O)N(Cc3cccc4sc(N)nc34)C[C@@H]21. The van der Waals surface area contributed by atoms with Crippen molar-refractivity contribution < 1.29 is 23.9 Å². The van der Waals surface area contributed by atoms with E-state index in [9.17, 15) is 14.4 Å². The fourth-order valence-electron chi connectivity index (χ4n) is 7.22. The lowest BCUT2D eigenvalue weighted by molar-refractivity contribution is -0.192. The van der Waals surface area contributed by atoms with Crippen molar-refractivity contribution >= 4 is 73.5 Å². The molecule has 16 heteroatoms. The maximum Gasteiger partial charge on any atom is 0.411 e. The van der Waals surface area contributed by atoms with Crippen LogP contribution >= 0.6 is 34.5 Å². The third kappa shape index (κ3) is 9.24. The number of nitrogens with two attached hydrogens (primary N) is 1. The lowest BCUT2D eigenvalue weighted by Crippen LogP contribution is -2.66. The number of thiazole rings is 1. The number of ether oxygens (including phenoxy) is 2. The monoisotopic (exact) mass is 828 g/mol. The van der Waals surface area contributed by atoms with E-state index in [1.165, 1.54) is 11.3 Å². The minimum Gasteiger partial charge on any atom is -0.444 e. The number of hydrazine groups is 1. The number of piperazine rings is 1. The van der Waals surface area contributed by atoms with Crippen molar-refractivity contribution in [2.75, 3.05) is 37.8 Å². The molecule has 57 heavy (non-hydrogen) atoms. The minimum atomic E-state index is -0.827. The molecule has 1 aromatic heterocycles. The number of aromatic nitrogens is 1. The number of nitrogens with one attached hydrogen (secondary N) is 2. The first-order chi connectivity index (χ1) is 27.6. The van der Waals surface area contributed by atoms with Crippen LogP contribution < -0.4 is 16.4 Å². The topological polar surface area (TPSA) is 146 Å². The van der Waals surface area contributed by atoms with E-state index in [1.54, 1.807) is 47.3 Å². The number of methoxy groups -OCH3 is 1. The predicted octanol–water partition coefficient (Wildman–Crippen LogP) is 6.48.